The highest BCUT2D eigenvalue weighted by Gasteiger charge is 2.28. The molecule has 0 heterocycles. The van der Waals surface area contributed by atoms with E-state index in [1.807, 2.05) is 0 Å². The van der Waals surface area contributed by atoms with Crippen LogP contribution in [-0.4, -0.2) is 19.6 Å². The molecule has 2 N–H and O–H groups in total. The number of aliphatic hydroxyl groups excluding tert-OH is 1. The number of sulfonamides is 1. The highest BCUT2D eigenvalue weighted by molar-refractivity contribution is 7.89. The molecule has 0 aromatic heterocycles. The molecule has 0 radical (unpaired) electrons. The van der Waals surface area contributed by atoms with Gasteiger partial charge < -0.3 is 5.11 Å². The van der Waals surface area contributed by atoms with E-state index in [1.165, 1.54) is 6.42 Å². The molecular formula is C16H25NO3S. The molecule has 3 unspecified atom stereocenters. The smallest absolute Gasteiger partial charge is 0.240 e. The highest BCUT2D eigenvalue weighted by atomic mass is 32.2. The van der Waals surface area contributed by atoms with E-state index in [1.54, 1.807) is 31.2 Å². The molecule has 0 saturated heterocycles. The topological polar surface area (TPSA) is 66.4 Å². The van der Waals surface area contributed by atoms with Crippen molar-refractivity contribution in [2.75, 3.05) is 0 Å². The van der Waals surface area contributed by atoms with Crippen molar-refractivity contribution in [2.45, 2.75) is 63.0 Å². The molecule has 2 rings (SSSR count). The maximum absolute atomic E-state index is 12.5. The molecule has 1 aromatic carbocycles. The monoisotopic (exact) mass is 311 g/mol. The van der Waals surface area contributed by atoms with Crippen LogP contribution in [0.1, 0.15) is 57.6 Å². The van der Waals surface area contributed by atoms with Gasteiger partial charge in [-0.3, -0.25) is 0 Å². The minimum Gasteiger partial charge on any atom is -0.389 e. The fraction of sp³-hybridized carbons (Fsp3) is 0.625. The van der Waals surface area contributed by atoms with Crippen molar-refractivity contribution in [3.05, 3.63) is 29.8 Å². The van der Waals surface area contributed by atoms with Crippen molar-refractivity contribution in [3.8, 4) is 0 Å². The molecule has 5 heteroatoms. The third-order valence-electron chi connectivity index (χ3n) is 4.39. The largest absolute Gasteiger partial charge is 0.389 e. The zero-order chi connectivity index (χ0) is 15.5. The third kappa shape index (κ3) is 4.05. The lowest BCUT2D eigenvalue weighted by Crippen LogP contribution is -2.41. The van der Waals surface area contributed by atoms with Crippen LogP contribution in [-0.2, 0) is 10.0 Å². The number of nitrogens with one attached hydrogen (secondary N) is 1. The van der Waals surface area contributed by atoms with Crippen LogP contribution in [0.3, 0.4) is 0 Å². The summed E-state index contributed by atoms with van der Waals surface area (Å²) < 4.78 is 28.0. The molecule has 1 aliphatic carbocycles. The normalized spacial score (nSPS) is 24.7. The van der Waals surface area contributed by atoms with Crippen molar-refractivity contribution in [1.29, 1.82) is 0 Å². The molecule has 3 atom stereocenters. The quantitative estimate of drug-likeness (QED) is 0.878. The summed E-state index contributed by atoms with van der Waals surface area (Å²) in [7, 11) is -3.52. The van der Waals surface area contributed by atoms with Crippen LogP contribution in [0, 0.1) is 5.92 Å². The van der Waals surface area contributed by atoms with Gasteiger partial charge in [0.15, 0.2) is 0 Å². The molecule has 1 fully saturated rings. The Morgan fingerprint density at radius 1 is 1.33 bits per heavy atom. The second-order valence-electron chi connectivity index (χ2n) is 5.93. The van der Waals surface area contributed by atoms with Gasteiger partial charge in [0, 0.05) is 6.04 Å². The van der Waals surface area contributed by atoms with E-state index in [9.17, 15) is 13.5 Å². The van der Waals surface area contributed by atoms with Crippen molar-refractivity contribution < 1.29 is 13.5 Å². The summed E-state index contributed by atoms with van der Waals surface area (Å²) in [6.45, 7) is 3.75. The van der Waals surface area contributed by atoms with E-state index >= 15 is 0 Å². The van der Waals surface area contributed by atoms with Crippen LogP contribution in [0.25, 0.3) is 0 Å². The average Bonchev–Trinajstić information content (AvgIpc) is 2.47. The van der Waals surface area contributed by atoms with E-state index in [-0.39, 0.29) is 10.9 Å². The summed E-state index contributed by atoms with van der Waals surface area (Å²) in [6, 6.07) is 6.58. The molecule has 1 aromatic rings. The number of benzene rings is 1. The van der Waals surface area contributed by atoms with Gasteiger partial charge in [-0.2, -0.15) is 0 Å². The molecule has 4 nitrogen and oxygen atoms in total. The zero-order valence-electron chi connectivity index (χ0n) is 12.7. The number of hydrogen-bond acceptors (Lipinski definition) is 3. The summed E-state index contributed by atoms with van der Waals surface area (Å²) in [5.74, 6) is 0.425. The van der Waals surface area contributed by atoms with Gasteiger partial charge in [0.05, 0.1) is 11.0 Å². The van der Waals surface area contributed by atoms with Gasteiger partial charge in [0.1, 0.15) is 0 Å². The number of hydrogen-bond donors (Lipinski definition) is 2. The van der Waals surface area contributed by atoms with Gasteiger partial charge in [-0.05, 0) is 43.4 Å². The molecule has 1 aliphatic rings. The van der Waals surface area contributed by atoms with E-state index in [2.05, 4.69) is 11.6 Å². The number of rotatable bonds is 5. The zero-order valence-corrected chi connectivity index (χ0v) is 13.6. The van der Waals surface area contributed by atoms with Crippen molar-refractivity contribution in [3.63, 3.8) is 0 Å². The minimum absolute atomic E-state index is 0.0314. The summed E-state index contributed by atoms with van der Waals surface area (Å²) >= 11 is 0. The third-order valence-corrected chi connectivity index (χ3v) is 5.88. The fourth-order valence-electron chi connectivity index (χ4n) is 3.06. The maximum Gasteiger partial charge on any atom is 0.240 e. The Bertz CT molecular complexity index is 569. The standard InChI is InChI=1S/C16H25NO3S/c1-3-13-7-4-5-10-16(13)17-21(19,20)15-9-6-8-14(11-15)12(2)18/h6,8-9,11-13,16-18H,3-5,7,10H2,1-2H3. The predicted octanol–water partition coefficient (Wildman–Crippen LogP) is 2.99. The molecule has 118 valence electrons. The van der Waals surface area contributed by atoms with E-state index < -0.39 is 16.1 Å². The van der Waals surface area contributed by atoms with Gasteiger partial charge in [-0.25, -0.2) is 13.1 Å². The lowest BCUT2D eigenvalue weighted by molar-refractivity contribution is 0.199. The molecule has 0 bridgehead atoms. The molecule has 21 heavy (non-hydrogen) atoms. The Morgan fingerprint density at radius 2 is 2.05 bits per heavy atom. The van der Waals surface area contributed by atoms with Gasteiger partial charge in [0.25, 0.3) is 0 Å². The molecule has 0 amide bonds. The average molecular weight is 311 g/mol. The van der Waals surface area contributed by atoms with Gasteiger partial charge >= 0.3 is 0 Å². The second kappa shape index (κ2) is 6.90. The van der Waals surface area contributed by atoms with E-state index in [0.29, 0.717) is 11.5 Å². The Hall–Kier alpha value is -0.910. The SMILES string of the molecule is CCC1CCCCC1NS(=O)(=O)c1cccc(C(C)O)c1. The lowest BCUT2D eigenvalue weighted by atomic mass is 9.83. The number of aliphatic hydroxyl groups is 1. The van der Waals surface area contributed by atoms with Gasteiger partial charge in [0.2, 0.25) is 10.0 Å². The van der Waals surface area contributed by atoms with Gasteiger partial charge in [-0.1, -0.05) is 38.3 Å². The van der Waals surface area contributed by atoms with Crippen LogP contribution >= 0.6 is 0 Å². The van der Waals surface area contributed by atoms with Crippen LogP contribution in [0.2, 0.25) is 0 Å². The molecular weight excluding hydrogens is 286 g/mol. The Kier molecular flexibility index (Phi) is 5.41. The van der Waals surface area contributed by atoms with Crippen molar-refractivity contribution in [2.24, 2.45) is 5.92 Å². The second-order valence-corrected chi connectivity index (χ2v) is 7.64. The van der Waals surface area contributed by atoms with Crippen molar-refractivity contribution in [1.82, 2.24) is 4.72 Å². The van der Waals surface area contributed by atoms with Crippen molar-refractivity contribution >= 4 is 10.0 Å². The first-order valence-electron chi connectivity index (χ1n) is 7.74. The minimum atomic E-state index is -3.52. The molecule has 0 aliphatic heterocycles. The summed E-state index contributed by atoms with van der Waals surface area (Å²) in [6.07, 6.45) is 4.61. The summed E-state index contributed by atoms with van der Waals surface area (Å²) in [5, 5.41) is 9.60. The predicted molar refractivity (Wildman–Crippen MR) is 83.4 cm³/mol. The molecule has 0 spiro atoms. The first kappa shape index (κ1) is 16.5. The van der Waals surface area contributed by atoms with Gasteiger partial charge in [-0.15, -0.1) is 0 Å². The first-order valence-corrected chi connectivity index (χ1v) is 9.22. The Balaban J connectivity index is 2.19. The maximum atomic E-state index is 12.5. The summed E-state index contributed by atoms with van der Waals surface area (Å²) in [4.78, 5) is 0.237. The van der Waals surface area contributed by atoms with Crippen LogP contribution in [0.4, 0.5) is 0 Å². The first-order chi connectivity index (χ1) is 9.94. The Labute approximate surface area is 127 Å². The highest BCUT2D eigenvalue weighted by Crippen LogP contribution is 2.28. The van der Waals surface area contributed by atoms with E-state index in [4.69, 9.17) is 0 Å². The van der Waals surface area contributed by atoms with Crippen LogP contribution in [0.15, 0.2) is 29.2 Å². The van der Waals surface area contributed by atoms with Crippen LogP contribution < -0.4 is 4.72 Å². The fourth-order valence-corrected chi connectivity index (χ4v) is 4.45. The molecule has 1 saturated carbocycles. The van der Waals surface area contributed by atoms with Crippen LogP contribution in [0.5, 0.6) is 0 Å². The Morgan fingerprint density at radius 3 is 2.71 bits per heavy atom. The lowest BCUT2D eigenvalue weighted by Gasteiger charge is -2.31. The van der Waals surface area contributed by atoms with E-state index in [0.717, 1.165) is 25.7 Å². The summed E-state index contributed by atoms with van der Waals surface area (Å²) in [5.41, 5.74) is 0.619.